The maximum absolute atomic E-state index is 11.8. The molecule has 2 fully saturated rings. The Bertz CT molecular complexity index is 205. The van der Waals surface area contributed by atoms with Crippen LogP contribution in [0.1, 0.15) is 25.7 Å². The van der Waals surface area contributed by atoms with E-state index in [9.17, 15) is 4.79 Å². The molecular weight excluding hydrogens is 178 g/mol. The fraction of sp³-hybridized carbons (Fsp3) is 0.900. The molecule has 2 aliphatic heterocycles. The van der Waals surface area contributed by atoms with E-state index < -0.39 is 0 Å². The van der Waals surface area contributed by atoms with Crippen molar-refractivity contribution in [3.63, 3.8) is 0 Å². The van der Waals surface area contributed by atoms with E-state index in [1.807, 2.05) is 0 Å². The topological polar surface area (TPSA) is 58.4 Å². The molecule has 2 saturated heterocycles. The van der Waals surface area contributed by atoms with Gasteiger partial charge in [-0.05, 0) is 25.8 Å². The Hall–Kier alpha value is -0.610. The zero-order valence-electron chi connectivity index (χ0n) is 8.54. The summed E-state index contributed by atoms with van der Waals surface area (Å²) >= 11 is 0. The number of nitrogens with one attached hydrogen (secondary N) is 1. The predicted molar refractivity (Wildman–Crippen MR) is 54.8 cm³/mol. The van der Waals surface area contributed by atoms with Crippen LogP contribution in [0.3, 0.4) is 0 Å². The number of nitrogens with two attached hydrogens (primary N) is 1. The van der Waals surface area contributed by atoms with Gasteiger partial charge in [-0.3, -0.25) is 4.79 Å². The van der Waals surface area contributed by atoms with Crippen molar-refractivity contribution in [3.05, 3.63) is 0 Å². The molecule has 4 nitrogen and oxygen atoms in total. The fourth-order valence-electron chi connectivity index (χ4n) is 2.64. The third-order valence-electron chi connectivity index (χ3n) is 3.30. The van der Waals surface area contributed by atoms with Crippen molar-refractivity contribution in [1.82, 2.24) is 10.2 Å². The van der Waals surface area contributed by atoms with E-state index in [1.165, 1.54) is 6.42 Å². The summed E-state index contributed by atoms with van der Waals surface area (Å²) in [6.45, 7) is 2.49. The van der Waals surface area contributed by atoms with Crippen molar-refractivity contribution >= 4 is 5.91 Å². The number of carbonyl (C=O) groups excluding carboxylic acids is 1. The highest BCUT2D eigenvalue weighted by Crippen LogP contribution is 2.28. The molecule has 0 aromatic carbocycles. The lowest BCUT2D eigenvalue weighted by molar-refractivity contribution is -0.133. The minimum Gasteiger partial charge on any atom is -0.335 e. The van der Waals surface area contributed by atoms with E-state index in [0.717, 1.165) is 25.9 Å². The van der Waals surface area contributed by atoms with E-state index in [2.05, 4.69) is 10.2 Å². The molecule has 2 bridgehead atoms. The van der Waals surface area contributed by atoms with Crippen molar-refractivity contribution in [2.24, 2.45) is 5.73 Å². The molecule has 2 heterocycles. The SMILES string of the molecule is NCCC(=O)N1C2CCNCC1CC2. The normalized spacial score (nSPS) is 31.6. The van der Waals surface area contributed by atoms with Gasteiger partial charge in [-0.15, -0.1) is 0 Å². The smallest absolute Gasteiger partial charge is 0.224 e. The van der Waals surface area contributed by atoms with Crippen LogP contribution in [0.25, 0.3) is 0 Å². The second kappa shape index (κ2) is 4.28. The number of hydrogen-bond donors (Lipinski definition) is 2. The highest BCUT2D eigenvalue weighted by molar-refractivity contribution is 5.77. The van der Waals surface area contributed by atoms with Gasteiger partial charge in [0.05, 0.1) is 0 Å². The number of hydrogen-bond acceptors (Lipinski definition) is 3. The lowest BCUT2D eigenvalue weighted by Gasteiger charge is -2.27. The third-order valence-corrected chi connectivity index (χ3v) is 3.30. The van der Waals surface area contributed by atoms with Crippen molar-refractivity contribution in [3.8, 4) is 0 Å². The summed E-state index contributed by atoms with van der Waals surface area (Å²) in [6.07, 6.45) is 3.95. The molecule has 2 rings (SSSR count). The summed E-state index contributed by atoms with van der Waals surface area (Å²) in [5.74, 6) is 0.253. The molecule has 0 aromatic heterocycles. The van der Waals surface area contributed by atoms with Gasteiger partial charge in [-0.2, -0.15) is 0 Å². The number of amides is 1. The van der Waals surface area contributed by atoms with Crippen LogP contribution in [0.15, 0.2) is 0 Å². The molecule has 0 radical (unpaired) electrons. The molecule has 80 valence electrons. The van der Waals surface area contributed by atoms with E-state index >= 15 is 0 Å². The molecule has 0 aliphatic carbocycles. The average Bonchev–Trinajstić information content (AvgIpc) is 2.40. The molecule has 0 saturated carbocycles. The Balaban J connectivity index is 2.05. The number of nitrogens with zero attached hydrogens (tertiary/aromatic N) is 1. The van der Waals surface area contributed by atoms with Crippen molar-refractivity contribution in [2.75, 3.05) is 19.6 Å². The fourth-order valence-corrected chi connectivity index (χ4v) is 2.64. The quantitative estimate of drug-likeness (QED) is 0.638. The Kier molecular flexibility index (Phi) is 3.03. The highest BCUT2D eigenvalue weighted by atomic mass is 16.2. The minimum absolute atomic E-state index is 0.253. The van der Waals surface area contributed by atoms with Gasteiger partial charge >= 0.3 is 0 Å². The van der Waals surface area contributed by atoms with E-state index in [4.69, 9.17) is 5.73 Å². The van der Waals surface area contributed by atoms with Crippen LogP contribution in [0.2, 0.25) is 0 Å². The van der Waals surface area contributed by atoms with Crippen LogP contribution in [-0.2, 0) is 4.79 Å². The summed E-state index contributed by atoms with van der Waals surface area (Å²) in [4.78, 5) is 13.9. The zero-order valence-corrected chi connectivity index (χ0v) is 8.54. The van der Waals surface area contributed by atoms with Gasteiger partial charge < -0.3 is 16.0 Å². The molecule has 2 atom stereocenters. The molecule has 0 aromatic rings. The molecule has 4 heteroatoms. The first-order valence-electron chi connectivity index (χ1n) is 5.55. The minimum atomic E-state index is 0.253. The zero-order chi connectivity index (χ0) is 9.97. The van der Waals surface area contributed by atoms with Gasteiger partial charge in [0.25, 0.3) is 0 Å². The molecule has 2 unspecified atom stereocenters. The Morgan fingerprint density at radius 2 is 2.14 bits per heavy atom. The van der Waals surface area contributed by atoms with Crippen LogP contribution >= 0.6 is 0 Å². The summed E-state index contributed by atoms with van der Waals surface area (Å²) in [5.41, 5.74) is 5.42. The lowest BCUT2D eigenvalue weighted by Crippen LogP contribution is -2.43. The van der Waals surface area contributed by atoms with Gasteiger partial charge in [0.1, 0.15) is 0 Å². The summed E-state index contributed by atoms with van der Waals surface area (Å²) in [5, 5.41) is 3.38. The Morgan fingerprint density at radius 1 is 1.36 bits per heavy atom. The van der Waals surface area contributed by atoms with Crippen LogP contribution in [-0.4, -0.2) is 42.5 Å². The second-order valence-electron chi connectivity index (χ2n) is 4.22. The van der Waals surface area contributed by atoms with Gasteiger partial charge in [-0.25, -0.2) is 0 Å². The third kappa shape index (κ3) is 1.77. The largest absolute Gasteiger partial charge is 0.335 e. The van der Waals surface area contributed by atoms with Crippen LogP contribution in [0.5, 0.6) is 0 Å². The van der Waals surface area contributed by atoms with Crippen molar-refractivity contribution in [1.29, 1.82) is 0 Å². The Morgan fingerprint density at radius 3 is 2.93 bits per heavy atom. The standard InChI is InChI=1S/C10H19N3O/c11-5-3-10(14)13-8-1-2-9(13)7-12-6-4-8/h8-9,12H,1-7,11H2. The summed E-state index contributed by atoms with van der Waals surface area (Å²) in [7, 11) is 0. The van der Waals surface area contributed by atoms with Crippen LogP contribution in [0, 0.1) is 0 Å². The van der Waals surface area contributed by atoms with Gasteiger partial charge in [-0.1, -0.05) is 0 Å². The first-order valence-corrected chi connectivity index (χ1v) is 5.55. The van der Waals surface area contributed by atoms with Gasteiger partial charge in [0.15, 0.2) is 0 Å². The predicted octanol–water partition coefficient (Wildman–Crippen LogP) is -0.312. The number of fused-ring (bicyclic) bond motifs is 2. The van der Waals surface area contributed by atoms with E-state index in [0.29, 0.717) is 25.0 Å². The molecule has 0 spiro atoms. The van der Waals surface area contributed by atoms with Crippen LogP contribution in [0.4, 0.5) is 0 Å². The molecule has 14 heavy (non-hydrogen) atoms. The number of rotatable bonds is 2. The first kappa shape index (κ1) is 9.93. The molecular formula is C10H19N3O. The highest BCUT2D eigenvalue weighted by Gasteiger charge is 2.37. The van der Waals surface area contributed by atoms with E-state index in [-0.39, 0.29) is 5.91 Å². The van der Waals surface area contributed by atoms with Crippen LogP contribution < -0.4 is 11.1 Å². The lowest BCUT2D eigenvalue weighted by atomic mass is 10.1. The maximum atomic E-state index is 11.8. The van der Waals surface area contributed by atoms with Gasteiger partial charge in [0.2, 0.25) is 5.91 Å². The van der Waals surface area contributed by atoms with Crippen molar-refractivity contribution < 1.29 is 4.79 Å². The summed E-state index contributed by atoms with van der Waals surface area (Å²) in [6, 6.07) is 0.913. The first-order chi connectivity index (χ1) is 6.83. The monoisotopic (exact) mass is 197 g/mol. The van der Waals surface area contributed by atoms with E-state index in [1.54, 1.807) is 0 Å². The van der Waals surface area contributed by atoms with Crippen molar-refractivity contribution in [2.45, 2.75) is 37.8 Å². The maximum Gasteiger partial charge on any atom is 0.224 e. The average molecular weight is 197 g/mol. The summed E-state index contributed by atoms with van der Waals surface area (Å²) < 4.78 is 0. The Labute approximate surface area is 84.8 Å². The van der Waals surface area contributed by atoms with Gasteiger partial charge in [0, 0.05) is 31.6 Å². The molecule has 1 amide bonds. The molecule has 2 aliphatic rings. The second-order valence-corrected chi connectivity index (χ2v) is 4.22. The number of carbonyl (C=O) groups is 1. The molecule has 3 N–H and O–H groups in total.